The molecule has 1 aromatic heterocycles. The first kappa shape index (κ1) is 5.63. The fraction of sp³-hybridized carbons (Fsp3) is 0. The second kappa shape index (κ2) is 2.18. The van der Waals surface area contributed by atoms with Crippen molar-refractivity contribution in [3.05, 3.63) is 18.2 Å². The predicted molar refractivity (Wildman–Crippen MR) is 27.7 cm³/mol. The van der Waals surface area contributed by atoms with E-state index in [-0.39, 0.29) is 5.82 Å². The summed E-state index contributed by atoms with van der Waals surface area (Å²) in [5.74, 6) is 2.08. The maximum absolute atomic E-state index is 12.0. The van der Waals surface area contributed by atoms with Crippen LogP contribution in [0, 0.1) is 18.4 Å². The van der Waals surface area contributed by atoms with Crippen LogP contribution in [0.4, 0.5) is 4.39 Å². The molecule has 4 heteroatoms. The van der Waals surface area contributed by atoms with E-state index in [0.717, 1.165) is 6.33 Å². The standard InChI is InChI=1S/C5H2FN3/c1-2-4-7-3-8-5(6)9-4/h1,3H. The third kappa shape index (κ3) is 1.19. The molecule has 1 heterocycles. The summed E-state index contributed by atoms with van der Waals surface area (Å²) in [5, 5.41) is 0. The molecule has 0 radical (unpaired) electrons. The monoisotopic (exact) mass is 123 g/mol. The first-order valence-electron chi connectivity index (χ1n) is 2.14. The van der Waals surface area contributed by atoms with Crippen molar-refractivity contribution in [3.63, 3.8) is 0 Å². The third-order valence-corrected chi connectivity index (χ3v) is 0.672. The third-order valence-electron chi connectivity index (χ3n) is 0.672. The number of nitrogens with zero attached hydrogens (tertiary/aromatic N) is 3. The Bertz CT molecular complexity index is 253. The van der Waals surface area contributed by atoms with Crippen molar-refractivity contribution in [1.82, 2.24) is 15.0 Å². The van der Waals surface area contributed by atoms with Gasteiger partial charge in [-0.3, -0.25) is 0 Å². The lowest BCUT2D eigenvalue weighted by Crippen LogP contribution is -1.94. The molecule has 0 aromatic carbocycles. The minimum Gasteiger partial charge on any atom is -0.209 e. The summed E-state index contributed by atoms with van der Waals surface area (Å²) < 4.78 is 12.0. The van der Waals surface area contributed by atoms with Gasteiger partial charge in [-0.25, -0.2) is 4.98 Å². The second-order valence-corrected chi connectivity index (χ2v) is 1.22. The van der Waals surface area contributed by atoms with E-state index in [2.05, 4.69) is 20.9 Å². The van der Waals surface area contributed by atoms with Crippen LogP contribution in [0.1, 0.15) is 5.82 Å². The van der Waals surface area contributed by atoms with Gasteiger partial charge in [0.05, 0.1) is 0 Å². The van der Waals surface area contributed by atoms with E-state index >= 15 is 0 Å². The van der Waals surface area contributed by atoms with Gasteiger partial charge in [0, 0.05) is 0 Å². The Balaban J connectivity index is 3.12. The quantitative estimate of drug-likeness (QED) is 0.455. The van der Waals surface area contributed by atoms with Crippen LogP contribution in [-0.2, 0) is 0 Å². The lowest BCUT2D eigenvalue weighted by Gasteiger charge is -1.84. The minimum absolute atomic E-state index is 0.0162. The zero-order valence-corrected chi connectivity index (χ0v) is 4.37. The van der Waals surface area contributed by atoms with Crippen LogP contribution in [0.2, 0.25) is 0 Å². The SMILES string of the molecule is C#Cc1ncnc(F)n1. The van der Waals surface area contributed by atoms with Crippen molar-refractivity contribution in [2.75, 3.05) is 0 Å². The van der Waals surface area contributed by atoms with Crippen LogP contribution < -0.4 is 0 Å². The van der Waals surface area contributed by atoms with Gasteiger partial charge in [0.15, 0.2) is 0 Å². The molecule has 0 aliphatic rings. The summed E-state index contributed by atoms with van der Waals surface area (Å²) in [4.78, 5) is 9.73. The van der Waals surface area contributed by atoms with E-state index in [0.29, 0.717) is 0 Å². The van der Waals surface area contributed by atoms with Crippen LogP contribution >= 0.6 is 0 Å². The maximum atomic E-state index is 12.0. The van der Waals surface area contributed by atoms with Gasteiger partial charge < -0.3 is 0 Å². The van der Waals surface area contributed by atoms with E-state index < -0.39 is 6.08 Å². The molecular weight excluding hydrogens is 121 g/mol. The predicted octanol–water partition coefficient (Wildman–Crippen LogP) is -0.00800. The number of hydrogen-bond donors (Lipinski definition) is 0. The van der Waals surface area contributed by atoms with Crippen molar-refractivity contribution >= 4 is 0 Å². The van der Waals surface area contributed by atoms with Crippen molar-refractivity contribution < 1.29 is 4.39 Å². The van der Waals surface area contributed by atoms with Crippen LogP contribution in [0.25, 0.3) is 0 Å². The van der Waals surface area contributed by atoms with Gasteiger partial charge in [-0.15, -0.1) is 6.42 Å². The molecule has 0 amide bonds. The molecule has 0 saturated heterocycles. The van der Waals surface area contributed by atoms with Crippen LogP contribution in [0.3, 0.4) is 0 Å². The van der Waals surface area contributed by atoms with Gasteiger partial charge in [0.2, 0.25) is 5.82 Å². The van der Waals surface area contributed by atoms with Crippen LogP contribution in [0.15, 0.2) is 6.33 Å². The molecule has 44 valence electrons. The Kier molecular flexibility index (Phi) is 1.36. The molecule has 0 N–H and O–H groups in total. The Morgan fingerprint density at radius 1 is 1.56 bits per heavy atom. The molecule has 0 aliphatic heterocycles. The smallest absolute Gasteiger partial charge is 0.209 e. The lowest BCUT2D eigenvalue weighted by molar-refractivity contribution is 0.530. The molecule has 0 bridgehead atoms. The average molecular weight is 123 g/mol. The molecule has 1 rings (SSSR count). The molecule has 0 fully saturated rings. The molecule has 0 spiro atoms. The Labute approximate surface area is 51.0 Å². The Morgan fingerprint density at radius 3 is 2.78 bits per heavy atom. The zero-order valence-electron chi connectivity index (χ0n) is 4.37. The zero-order chi connectivity index (χ0) is 6.69. The lowest BCUT2D eigenvalue weighted by atomic mass is 10.6. The molecule has 0 saturated carbocycles. The van der Waals surface area contributed by atoms with E-state index in [1.165, 1.54) is 0 Å². The second-order valence-electron chi connectivity index (χ2n) is 1.22. The number of halogens is 1. The molecule has 0 unspecified atom stereocenters. The van der Waals surface area contributed by atoms with Gasteiger partial charge in [-0.2, -0.15) is 14.4 Å². The number of aromatic nitrogens is 3. The van der Waals surface area contributed by atoms with Crippen LogP contribution in [-0.4, -0.2) is 15.0 Å². The van der Waals surface area contributed by atoms with Gasteiger partial charge in [0.25, 0.3) is 0 Å². The summed E-state index contributed by atoms with van der Waals surface area (Å²) in [6.07, 6.45) is 5.03. The summed E-state index contributed by atoms with van der Waals surface area (Å²) in [5.41, 5.74) is 0. The highest BCUT2D eigenvalue weighted by Crippen LogP contribution is 1.84. The molecular formula is C5H2FN3. The average Bonchev–Trinajstić information content (AvgIpc) is 1.88. The minimum atomic E-state index is -0.849. The Morgan fingerprint density at radius 2 is 2.33 bits per heavy atom. The first-order chi connectivity index (χ1) is 4.33. The maximum Gasteiger partial charge on any atom is 0.312 e. The van der Waals surface area contributed by atoms with Gasteiger partial charge >= 0.3 is 6.08 Å². The summed E-state index contributed by atoms with van der Waals surface area (Å²) in [6, 6.07) is 0. The summed E-state index contributed by atoms with van der Waals surface area (Å²) in [7, 11) is 0. The van der Waals surface area contributed by atoms with E-state index in [4.69, 9.17) is 6.42 Å². The van der Waals surface area contributed by atoms with Crippen molar-refractivity contribution in [3.8, 4) is 12.3 Å². The van der Waals surface area contributed by atoms with E-state index in [1.807, 2.05) is 0 Å². The van der Waals surface area contributed by atoms with Crippen molar-refractivity contribution in [2.45, 2.75) is 0 Å². The van der Waals surface area contributed by atoms with Gasteiger partial charge in [-0.1, -0.05) is 0 Å². The fourth-order valence-electron chi connectivity index (χ4n) is 0.346. The highest BCUT2D eigenvalue weighted by molar-refractivity contribution is 5.12. The van der Waals surface area contributed by atoms with Gasteiger partial charge in [0.1, 0.15) is 6.33 Å². The highest BCUT2D eigenvalue weighted by atomic mass is 19.1. The topological polar surface area (TPSA) is 38.7 Å². The molecule has 0 aliphatic carbocycles. The van der Waals surface area contributed by atoms with E-state index in [9.17, 15) is 4.39 Å². The normalized spacial score (nSPS) is 8.44. The van der Waals surface area contributed by atoms with Crippen molar-refractivity contribution in [1.29, 1.82) is 0 Å². The highest BCUT2D eigenvalue weighted by Gasteiger charge is 1.92. The molecule has 3 nitrogen and oxygen atoms in total. The largest absolute Gasteiger partial charge is 0.312 e. The fourth-order valence-corrected chi connectivity index (χ4v) is 0.346. The van der Waals surface area contributed by atoms with Gasteiger partial charge in [-0.05, 0) is 5.92 Å². The number of hydrogen-bond acceptors (Lipinski definition) is 3. The number of terminal acetylenes is 1. The molecule has 0 atom stereocenters. The van der Waals surface area contributed by atoms with Crippen LogP contribution in [0.5, 0.6) is 0 Å². The first-order valence-corrected chi connectivity index (χ1v) is 2.14. The Hall–Kier alpha value is -1.50. The van der Waals surface area contributed by atoms with E-state index in [1.54, 1.807) is 0 Å². The molecule has 9 heavy (non-hydrogen) atoms. The summed E-state index contributed by atoms with van der Waals surface area (Å²) in [6.45, 7) is 0. The molecule has 1 aromatic rings. The van der Waals surface area contributed by atoms with Crippen molar-refractivity contribution in [2.24, 2.45) is 0 Å². The summed E-state index contributed by atoms with van der Waals surface area (Å²) >= 11 is 0. The number of rotatable bonds is 0.